The second-order valence-electron chi connectivity index (χ2n) is 19.2. The number of carbonyl (C=O) groups is 7. The molecular formula is C82H114Br3ClMgN10O14. The summed E-state index contributed by atoms with van der Waals surface area (Å²) in [4.78, 5) is 93.5. The number of nitrogens with two attached hydrogens (primary N) is 3. The summed E-state index contributed by atoms with van der Waals surface area (Å²) in [6.45, 7) is 29.6. The third-order valence-corrected chi connectivity index (χ3v) is 12.7. The minimum Gasteiger partial charge on any atom is -1.00 e. The number of aromatic nitrogens is 6. The van der Waals surface area contributed by atoms with Gasteiger partial charge in [0.15, 0.2) is 36.8 Å². The molecule has 111 heavy (non-hydrogen) atoms. The standard InChI is InChI=1S/C17H15N2O2.C12H12N2O2.C10H10N2O.C10H12NO3.C7H7NO.C5H7BrO3.C5H5N.C4H9NO.C2H6O.4C2H6.CH4.CH3.2BrH.ClH.Mg/c1-2-21-17(20)16-15(19-10-6-3-7-11-19)12-13-8-4-5-9-14(13)18-16;1-2-16-12(15)11-9(13)7-8-5-3-4-6-10(8)14-11;11-8-5-7-3-1-2-4-9(7)12-10(8)6-13;1-2-14-10(13)9(12)8-11-6-4-3-5-7-11;8-7-4-2-1-3-6(7)5-9;1-2-9-5(8)4(7)3-6;1-2-4-6-5-3-1;1-3-6-4-2-5-1;1-2-3;4*1-2;;;;;;/h3-12H,2H2,1H3;3-7H,2,13H2,1H3;1-5,13H,6,11H2;3-7H,2,8H2,1H3;1-5H,8H2;2-3H2,1H3;1-5H;5H,1-4H2;3H,2H2,1H3;4*1-2H3;1H4;1H3;3*1H;/q+1;;;+1;;;;;;;;;;;-1;;;;+2/p-3. The number of rotatable bonds is 14. The molecule has 24 nitrogen and oxygen atoms in total. The van der Waals surface area contributed by atoms with E-state index in [1.54, 1.807) is 106 Å². The molecule has 0 aliphatic carbocycles. The van der Waals surface area contributed by atoms with Crippen LogP contribution in [0, 0.1) is 7.43 Å². The van der Waals surface area contributed by atoms with Crippen molar-refractivity contribution in [1.82, 2.24) is 25.3 Å². The van der Waals surface area contributed by atoms with Crippen LogP contribution < -0.4 is 78.0 Å². The van der Waals surface area contributed by atoms with Gasteiger partial charge in [-0.15, -0.1) is 0 Å². The van der Waals surface area contributed by atoms with Crippen LogP contribution in [0.2, 0.25) is 0 Å². The van der Waals surface area contributed by atoms with Gasteiger partial charge in [-0.05, 0) is 89.2 Å². The zero-order valence-electron chi connectivity index (χ0n) is 65.6. The van der Waals surface area contributed by atoms with E-state index in [4.69, 9.17) is 41.6 Å². The number of ether oxygens (including phenoxy) is 5. The molecule has 0 radical (unpaired) electrons. The number of fused-ring (bicyclic) bond motifs is 3. The van der Waals surface area contributed by atoms with E-state index >= 15 is 0 Å². The maximum Gasteiger partial charge on any atom is 2.00 e. The van der Waals surface area contributed by atoms with Crippen LogP contribution in [0.5, 0.6) is 0 Å². The predicted octanol–water partition coefficient (Wildman–Crippen LogP) is 4.20. The second-order valence-corrected chi connectivity index (χ2v) is 19.7. The molecule has 0 spiro atoms. The summed E-state index contributed by atoms with van der Waals surface area (Å²) in [5, 5.41) is 22.6. The molecule has 1 fully saturated rings. The Kier molecular flexibility index (Phi) is 82.8. The first-order chi connectivity index (χ1) is 51.0. The Bertz CT molecular complexity index is 3980. The number of aldehydes is 1. The maximum atomic E-state index is 12.2. The quantitative estimate of drug-likeness (QED) is 0.0102. The zero-order valence-corrected chi connectivity index (χ0v) is 72.5. The van der Waals surface area contributed by atoms with E-state index in [1.165, 1.54) is 0 Å². The molecule has 1 aliphatic heterocycles. The number of benzene rings is 4. The first kappa shape index (κ1) is 118. The molecule has 6 aromatic heterocycles. The molecule has 11 rings (SSSR count). The Labute approximate surface area is 708 Å². The molecule has 0 atom stereocenters. The number of anilines is 3. The third kappa shape index (κ3) is 49.9. The van der Waals surface area contributed by atoms with Crippen molar-refractivity contribution in [2.75, 3.05) is 81.9 Å². The summed E-state index contributed by atoms with van der Waals surface area (Å²) in [7, 11) is 0. The Morgan fingerprint density at radius 2 is 0.910 bits per heavy atom. The van der Waals surface area contributed by atoms with E-state index in [1.807, 2.05) is 200 Å². The number of hydrogen-bond acceptors (Lipinski definition) is 22. The van der Waals surface area contributed by atoms with Gasteiger partial charge in [-0.2, -0.15) is 9.13 Å². The number of morpholine rings is 1. The van der Waals surface area contributed by atoms with Gasteiger partial charge in [-0.25, -0.2) is 34.1 Å². The number of esters is 4. The fourth-order valence-corrected chi connectivity index (χ4v) is 7.93. The van der Waals surface area contributed by atoms with Crippen LogP contribution >= 0.6 is 15.9 Å². The minimum absolute atomic E-state index is 0. The van der Waals surface area contributed by atoms with Crippen molar-refractivity contribution >= 4 is 130 Å². The van der Waals surface area contributed by atoms with Gasteiger partial charge in [-0.1, -0.05) is 164 Å². The van der Waals surface area contributed by atoms with Gasteiger partial charge in [0, 0.05) is 89.8 Å². The molecule has 1 aliphatic rings. The smallest absolute Gasteiger partial charge is 1.00 e. The van der Waals surface area contributed by atoms with Crippen molar-refractivity contribution in [3.8, 4) is 5.69 Å². The van der Waals surface area contributed by atoms with Crippen molar-refractivity contribution in [3.63, 3.8) is 0 Å². The molecule has 606 valence electrons. The molecule has 0 unspecified atom stereocenters. The van der Waals surface area contributed by atoms with Gasteiger partial charge >= 0.3 is 52.7 Å². The fraction of sp³-hybridized carbons (Fsp3) is 0.317. The largest absolute Gasteiger partial charge is 2.00 e. The van der Waals surface area contributed by atoms with E-state index < -0.39 is 35.4 Å². The zero-order chi connectivity index (χ0) is 79.0. The van der Waals surface area contributed by atoms with Crippen molar-refractivity contribution in [2.45, 2.75) is 111 Å². The summed E-state index contributed by atoms with van der Waals surface area (Å²) in [6, 6.07) is 52.2. The van der Waals surface area contributed by atoms with Crippen LogP contribution in [0.1, 0.15) is 134 Å². The molecule has 1 saturated heterocycles. The molecule has 29 heteroatoms. The Morgan fingerprint density at radius 3 is 1.29 bits per heavy atom. The Balaban J connectivity index is -0.000000182. The molecular weight excluding hydrogens is 1650 g/mol. The summed E-state index contributed by atoms with van der Waals surface area (Å²) >= 11 is 2.83. The number of nitrogen functional groups attached to an aromatic ring is 3. The van der Waals surface area contributed by atoms with Gasteiger partial charge < -0.3 is 110 Å². The van der Waals surface area contributed by atoms with E-state index in [0.29, 0.717) is 52.9 Å². The average molecular weight is 1760 g/mol. The SMILES string of the molecule is C.C1COCCN1.CC.CC.CC.CC.CCO.CCOC(=O)C(=O)CBr.CCOC(=O)C(=O)C[n+]1ccccc1.CCOC(=O)c1nc2ccccc2cc1-[n+]1ccccc1.CCOC(=O)c1nc2ccccc2cc1N.Nc1cc2ccccc2nc1CO.Nc1ccccc1C=O.[Br-].[Br-].[CH3-].[Cl-].[Mg+2].c1ccncc1. The van der Waals surface area contributed by atoms with Gasteiger partial charge in [0.05, 0.1) is 85.2 Å². The Morgan fingerprint density at radius 1 is 0.523 bits per heavy atom. The van der Waals surface area contributed by atoms with Crippen LogP contribution in [-0.4, -0.2) is 160 Å². The van der Waals surface area contributed by atoms with Crippen molar-refractivity contribution in [1.29, 1.82) is 0 Å². The molecule has 4 aromatic carbocycles. The van der Waals surface area contributed by atoms with Crippen LogP contribution in [0.3, 0.4) is 0 Å². The number of Topliss-reactive ketones (excluding diaryl/α,β-unsaturated/α-hetero) is 2. The molecule has 9 N–H and O–H groups in total. The number of para-hydroxylation sites is 4. The topological polar surface area (TPSA) is 356 Å². The minimum atomic E-state index is -0.774. The van der Waals surface area contributed by atoms with E-state index in [9.17, 15) is 33.6 Å². The molecule has 10 aromatic rings. The normalized spacial score (nSPS) is 9.44. The first-order valence-electron chi connectivity index (χ1n) is 34.6. The van der Waals surface area contributed by atoms with Crippen LogP contribution in [0.4, 0.5) is 17.1 Å². The molecule has 0 amide bonds. The van der Waals surface area contributed by atoms with Crippen molar-refractivity contribution in [2.24, 2.45) is 0 Å². The predicted molar refractivity (Wildman–Crippen MR) is 438 cm³/mol. The number of nitrogens with zero attached hydrogens (tertiary/aromatic N) is 6. The van der Waals surface area contributed by atoms with Gasteiger partial charge in [0.2, 0.25) is 23.7 Å². The number of aliphatic hydroxyl groups excluding tert-OH is 2. The summed E-state index contributed by atoms with van der Waals surface area (Å²) in [5.74, 6) is -3.52. The van der Waals surface area contributed by atoms with Crippen LogP contribution in [-0.2, 0) is 56.0 Å². The molecule has 7 heterocycles. The van der Waals surface area contributed by atoms with E-state index in [-0.39, 0.29) is 128 Å². The number of ketones is 2. The number of halogens is 4. The third-order valence-electron chi connectivity index (χ3n) is 12.1. The number of hydrogen-bond donors (Lipinski definition) is 6. The van der Waals surface area contributed by atoms with Crippen LogP contribution in [0.15, 0.2) is 207 Å². The summed E-state index contributed by atoms with van der Waals surface area (Å²) in [5.41, 5.74) is 22.9. The second kappa shape index (κ2) is 77.9. The van der Waals surface area contributed by atoms with Gasteiger partial charge in [-0.3, -0.25) is 19.4 Å². The van der Waals surface area contributed by atoms with E-state index in [2.05, 4.69) is 50.7 Å². The maximum absolute atomic E-state index is 12.2. The number of aliphatic hydroxyl groups is 2. The summed E-state index contributed by atoms with van der Waals surface area (Å²) < 4.78 is 27.4. The Hall–Kier alpha value is -8.81. The molecule has 0 bridgehead atoms. The van der Waals surface area contributed by atoms with Crippen molar-refractivity contribution in [3.05, 3.63) is 237 Å². The van der Waals surface area contributed by atoms with Crippen molar-refractivity contribution < 1.29 is 123 Å². The van der Waals surface area contributed by atoms with Gasteiger partial charge in [0.1, 0.15) is 0 Å². The van der Waals surface area contributed by atoms with E-state index in [0.717, 1.165) is 65.3 Å². The number of carbonyl (C=O) groups excluding carboxylic acids is 7. The first-order valence-corrected chi connectivity index (χ1v) is 35.7. The fourth-order valence-electron chi connectivity index (χ4n) is 7.70. The summed E-state index contributed by atoms with van der Waals surface area (Å²) in [6.07, 6.45) is 11.5. The monoisotopic (exact) mass is 1760 g/mol. The number of pyridine rings is 6. The van der Waals surface area contributed by atoms with Crippen LogP contribution in [0.25, 0.3) is 38.4 Å². The number of alkyl halides is 1. The molecule has 0 saturated carbocycles. The average Bonchev–Trinajstić information content (AvgIpc) is 0.800. The van der Waals surface area contributed by atoms with Gasteiger partial charge in [0.25, 0.3) is 0 Å². The number of nitrogens with one attached hydrogen (secondary N) is 1.